The standard InChI is InChI=1S/C9H8N2O3S/c1-2-5-4-11-7(12)6(8(13)14)3-10-9(11)15-5/h3-4H,2H2,1H3,(H,13,14). The second-order valence-corrected chi connectivity index (χ2v) is 4.08. The van der Waals surface area contributed by atoms with Gasteiger partial charge in [0, 0.05) is 11.1 Å². The molecule has 0 amide bonds. The molecule has 0 aliphatic heterocycles. The molecule has 0 aliphatic rings. The summed E-state index contributed by atoms with van der Waals surface area (Å²) in [5.41, 5.74) is -0.823. The van der Waals surface area contributed by atoms with E-state index in [0.717, 1.165) is 17.5 Å². The number of hydrogen-bond donors (Lipinski definition) is 1. The Balaban J connectivity index is 2.78. The SMILES string of the molecule is CCc1cn2c(=O)c(C(=O)O)cnc2s1. The number of carboxylic acid groups (broad SMARTS) is 1. The molecule has 2 heterocycles. The summed E-state index contributed by atoms with van der Waals surface area (Å²) < 4.78 is 1.28. The van der Waals surface area contributed by atoms with E-state index < -0.39 is 11.5 Å². The lowest BCUT2D eigenvalue weighted by Gasteiger charge is -1.93. The second-order valence-electron chi connectivity index (χ2n) is 2.99. The van der Waals surface area contributed by atoms with Crippen LogP contribution in [0.5, 0.6) is 0 Å². The minimum absolute atomic E-state index is 0.298. The molecule has 0 aliphatic carbocycles. The van der Waals surface area contributed by atoms with E-state index in [0.29, 0.717) is 4.96 Å². The first-order valence-electron chi connectivity index (χ1n) is 4.37. The van der Waals surface area contributed by atoms with Gasteiger partial charge in [-0.3, -0.25) is 9.20 Å². The van der Waals surface area contributed by atoms with Crippen LogP contribution in [-0.4, -0.2) is 20.5 Å². The molecule has 0 saturated heterocycles. The van der Waals surface area contributed by atoms with Crippen LogP contribution in [0.2, 0.25) is 0 Å². The first-order chi connectivity index (χ1) is 7.13. The molecule has 0 atom stereocenters. The number of aryl methyl sites for hydroxylation is 1. The Morgan fingerprint density at radius 2 is 2.40 bits per heavy atom. The summed E-state index contributed by atoms with van der Waals surface area (Å²) in [4.78, 5) is 27.8. The molecule has 2 rings (SSSR count). The maximum absolute atomic E-state index is 11.6. The monoisotopic (exact) mass is 224 g/mol. The first kappa shape index (κ1) is 9.85. The van der Waals surface area contributed by atoms with Crippen LogP contribution in [0, 0.1) is 0 Å². The molecule has 78 valence electrons. The van der Waals surface area contributed by atoms with Crippen molar-refractivity contribution >= 4 is 22.3 Å². The molecule has 0 unspecified atom stereocenters. The second kappa shape index (κ2) is 3.47. The fourth-order valence-corrected chi connectivity index (χ4v) is 2.12. The number of hydrogen-bond acceptors (Lipinski definition) is 4. The number of aromatic nitrogens is 2. The van der Waals surface area contributed by atoms with Crippen LogP contribution in [0.3, 0.4) is 0 Å². The van der Waals surface area contributed by atoms with Crippen molar-refractivity contribution in [3.05, 3.63) is 33.2 Å². The maximum Gasteiger partial charge on any atom is 0.342 e. The molecule has 0 fully saturated rings. The van der Waals surface area contributed by atoms with Crippen molar-refractivity contribution in [2.24, 2.45) is 0 Å². The van der Waals surface area contributed by atoms with Gasteiger partial charge in [0.05, 0.1) is 6.20 Å². The van der Waals surface area contributed by atoms with E-state index in [1.54, 1.807) is 6.20 Å². The smallest absolute Gasteiger partial charge is 0.342 e. The maximum atomic E-state index is 11.6. The third-order valence-electron chi connectivity index (χ3n) is 2.03. The molecule has 0 aromatic carbocycles. The Hall–Kier alpha value is -1.69. The number of carboxylic acids is 1. The van der Waals surface area contributed by atoms with Gasteiger partial charge in [0.2, 0.25) is 0 Å². The van der Waals surface area contributed by atoms with E-state index in [1.165, 1.54) is 15.7 Å². The summed E-state index contributed by atoms with van der Waals surface area (Å²) in [7, 11) is 0. The van der Waals surface area contributed by atoms with Crippen molar-refractivity contribution in [2.45, 2.75) is 13.3 Å². The van der Waals surface area contributed by atoms with Gasteiger partial charge in [-0.05, 0) is 6.42 Å². The van der Waals surface area contributed by atoms with E-state index in [1.807, 2.05) is 6.92 Å². The lowest BCUT2D eigenvalue weighted by atomic mass is 10.3. The number of rotatable bonds is 2. The number of nitrogens with zero attached hydrogens (tertiary/aromatic N) is 2. The van der Waals surface area contributed by atoms with Gasteiger partial charge >= 0.3 is 5.97 Å². The quantitative estimate of drug-likeness (QED) is 0.826. The zero-order valence-corrected chi connectivity index (χ0v) is 8.74. The van der Waals surface area contributed by atoms with Crippen LogP contribution >= 0.6 is 11.3 Å². The highest BCUT2D eigenvalue weighted by Crippen LogP contribution is 2.14. The van der Waals surface area contributed by atoms with E-state index in [9.17, 15) is 9.59 Å². The fraction of sp³-hybridized carbons (Fsp3) is 0.222. The molecule has 0 bridgehead atoms. The van der Waals surface area contributed by atoms with E-state index in [-0.39, 0.29) is 5.56 Å². The summed E-state index contributed by atoms with van der Waals surface area (Å²) in [6.07, 6.45) is 3.55. The zero-order chi connectivity index (χ0) is 11.0. The summed E-state index contributed by atoms with van der Waals surface area (Å²) >= 11 is 1.39. The Bertz CT molecular complexity index is 585. The number of carbonyl (C=O) groups is 1. The summed E-state index contributed by atoms with van der Waals surface area (Å²) in [5.74, 6) is -1.24. The third-order valence-corrected chi connectivity index (χ3v) is 3.17. The zero-order valence-electron chi connectivity index (χ0n) is 7.93. The van der Waals surface area contributed by atoms with Crippen LogP contribution in [-0.2, 0) is 6.42 Å². The predicted molar refractivity (Wildman–Crippen MR) is 55.7 cm³/mol. The topological polar surface area (TPSA) is 71.7 Å². The number of thiazole rings is 1. The van der Waals surface area contributed by atoms with E-state index >= 15 is 0 Å². The van der Waals surface area contributed by atoms with Crippen molar-refractivity contribution < 1.29 is 9.90 Å². The Morgan fingerprint density at radius 1 is 1.67 bits per heavy atom. The Kier molecular flexibility index (Phi) is 2.28. The highest BCUT2D eigenvalue weighted by Gasteiger charge is 2.12. The summed E-state index contributed by atoms with van der Waals surface area (Å²) in [6, 6.07) is 0. The molecular weight excluding hydrogens is 216 g/mol. The molecule has 0 spiro atoms. The highest BCUT2D eigenvalue weighted by molar-refractivity contribution is 7.17. The predicted octanol–water partition coefficient (Wildman–Crippen LogP) is 1.02. The van der Waals surface area contributed by atoms with E-state index in [4.69, 9.17) is 5.11 Å². The van der Waals surface area contributed by atoms with Crippen LogP contribution in [0.4, 0.5) is 0 Å². The van der Waals surface area contributed by atoms with Crippen molar-refractivity contribution in [1.29, 1.82) is 0 Å². The minimum Gasteiger partial charge on any atom is -0.477 e. The fourth-order valence-electron chi connectivity index (χ4n) is 1.24. The van der Waals surface area contributed by atoms with Gasteiger partial charge in [-0.25, -0.2) is 9.78 Å². The molecule has 5 nitrogen and oxygen atoms in total. The molecule has 6 heteroatoms. The van der Waals surface area contributed by atoms with Crippen LogP contribution < -0.4 is 5.56 Å². The average Bonchev–Trinajstić information content (AvgIpc) is 2.61. The van der Waals surface area contributed by atoms with Gasteiger partial charge < -0.3 is 5.11 Å². The van der Waals surface area contributed by atoms with Crippen LogP contribution in [0.15, 0.2) is 17.2 Å². The number of fused-ring (bicyclic) bond motifs is 1. The molecule has 0 radical (unpaired) electrons. The molecule has 1 N–H and O–H groups in total. The van der Waals surface area contributed by atoms with Gasteiger partial charge in [-0.15, -0.1) is 11.3 Å². The van der Waals surface area contributed by atoms with Crippen molar-refractivity contribution in [2.75, 3.05) is 0 Å². The lowest BCUT2D eigenvalue weighted by Crippen LogP contribution is -2.21. The van der Waals surface area contributed by atoms with Gasteiger partial charge in [-0.2, -0.15) is 0 Å². The normalized spacial score (nSPS) is 10.7. The summed E-state index contributed by atoms with van der Waals surface area (Å²) in [6.45, 7) is 1.97. The lowest BCUT2D eigenvalue weighted by molar-refractivity contribution is 0.0694. The van der Waals surface area contributed by atoms with Crippen LogP contribution in [0.1, 0.15) is 22.2 Å². The van der Waals surface area contributed by atoms with Crippen LogP contribution in [0.25, 0.3) is 4.96 Å². The molecule has 2 aromatic rings. The van der Waals surface area contributed by atoms with E-state index in [2.05, 4.69) is 4.98 Å². The first-order valence-corrected chi connectivity index (χ1v) is 5.18. The molecule has 2 aromatic heterocycles. The van der Waals surface area contributed by atoms with Gasteiger partial charge in [0.1, 0.15) is 5.56 Å². The highest BCUT2D eigenvalue weighted by atomic mass is 32.1. The largest absolute Gasteiger partial charge is 0.477 e. The molecule has 0 saturated carbocycles. The van der Waals surface area contributed by atoms with Crippen molar-refractivity contribution in [1.82, 2.24) is 9.38 Å². The van der Waals surface area contributed by atoms with Gasteiger partial charge in [-0.1, -0.05) is 6.92 Å². The summed E-state index contributed by atoms with van der Waals surface area (Å²) in [5, 5.41) is 8.74. The third kappa shape index (κ3) is 1.52. The minimum atomic E-state index is -1.24. The Labute approximate surface area is 88.6 Å². The Morgan fingerprint density at radius 3 is 3.00 bits per heavy atom. The molecule has 15 heavy (non-hydrogen) atoms. The van der Waals surface area contributed by atoms with Crippen molar-refractivity contribution in [3.8, 4) is 0 Å². The van der Waals surface area contributed by atoms with Crippen molar-refractivity contribution in [3.63, 3.8) is 0 Å². The van der Waals surface area contributed by atoms with Gasteiger partial charge in [0.15, 0.2) is 4.96 Å². The number of aromatic carboxylic acids is 1. The molecular formula is C9H8N2O3S. The van der Waals surface area contributed by atoms with Gasteiger partial charge in [0.25, 0.3) is 5.56 Å². The average molecular weight is 224 g/mol.